The molecule has 0 atom stereocenters. The highest BCUT2D eigenvalue weighted by Gasteiger charge is 2.09. The Balaban J connectivity index is 2.34. The summed E-state index contributed by atoms with van der Waals surface area (Å²) in [6.07, 6.45) is 0. The number of aromatic carboxylic acids is 1. The van der Waals surface area contributed by atoms with Gasteiger partial charge in [-0.3, -0.25) is 0 Å². The molecule has 0 aliphatic heterocycles. The maximum Gasteiger partial charge on any atom is 0.337 e. The van der Waals surface area contributed by atoms with Crippen molar-refractivity contribution in [3.05, 3.63) is 53.1 Å². The highest BCUT2D eigenvalue weighted by molar-refractivity contribution is 6.32. The van der Waals surface area contributed by atoms with Gasteiger partial charge in [-0.05, 0) is 24.3 Å². The molecule has 98 valence electrons. The molecule has 0 spiro atoms. The Bertz CT molecular complexity index is 613. The number of halogens is 1. The number of para-hydroxylation sites is 1. The SMILES string of the molecule is COc1cc(Nc2ccccc2C(=O)O)ccc1Cl. The molecule has 19 heavy (non-hydrogen) atoms. The summed E-state index contributed by atoms with van der Waals surface area (Å²) >= 11 is 5.93. The van der Waals surface area contributed by atoms with Crippen LogP contribution in [0.4, 0.5) is 11.4 Å². The van der Waals surface area contributed by atoms with E-state index in [4.69, 9.17) is 21.4 Å². The molecular formula is C14H12ClNO3. The fourth-order valence-electron chi connectivity index (χ4n) is 1.67. The number of benzene rings is 2. The van der Waals surface area contributed by atoms with Crippen molar-refractivity contribution in [1.29, 1.82) is 0 Å². The number of hydrogen-bond donors (Lipinski definition) is 2. The fourth-order valence-corrected chi connectivity index (χ4v) is 1.87. The molecule has 0 radical (unpaired) electrons. The van der Waals surface area contributed by atoms with Gasteiger partial charge in [-0.15, -0.1) is 0 Å². The van der Waals surface area contributed by atoms with Gasteiger partial charge >= 0.3 is 5.97 Å². The molecule has 2 aromatic rings. The molecule has 0 heterocycles. The first kappa shape index (κ1) is 13.2. The number of hydrogen-bond acceptors (Lipinski definition) is 3. The summed E-state index contributed by atoms with van der Waals surface area (Å²) < 4.78 is 5.11. The van der Waals surface area contributed by atoms with Crippen LogP contribution in [0.15, 0.2) is 42.5 Å². The molecule has 0 saturated heterocycles. The van der Waals surface area contributed by atoms with Gasteiger partial charge in [0.25, 0.3) is 0 Å². The monoisotopic (exact) mass is 277 g/mol. The Morgan fingerprint density at radius 3 is 2.68 bits per heavy atom. The van der Waals surface area contributed by atoms with Crippen LogP contribution >= 0.6 is 11.6 Å². The Labute approximate surface area is 115 Å². The van der Waals surface area contributed by atoms with Gasteiger partial charge in [-0.25, -0.2) is 4.79 Å². The predicted molar refractivity (Wildman–Crippen MR) is 74.7 cm³/mol. The zero-order chi connectivity index (χ0) is 13.8. The molecule has 5 heteroatoms. The predicted octanol–water partition coefficient (Wildman–Crippen LogP) is 3.79. The van der Waals surface area contributed by atoms with Gasteiger partial charge in [-0.2, -0.15) is 0 Å². The molecule has 0 saturated carbocycles. The average molecular weight is 278 g/mol. The van der Waals surface area contributed by atoms with Crippen LogP contribution in [0.1, 0.15) is 10.4 Å². The Kier molecular flexibility index (Phi) is 3.92. The van der Waals surface area contributed by atoms with Crippen molar-refractivity contribution < 1.29 is 14.6 Å². The highest BCUT2D eigenvalue weighted by Crippen LogP contribution is 2.29. The summed E-state index contributed by atoms with van der Waals surface area (Å²) in [5.74, 6) is -0.455. The number of methoxy groups -OCH3 is 1. The van der Waals surface area contributed by atoms with E-state index in [0.29, 0.717) is 22.1 Å². The first-order valence-electron chi connectivity index (χ1n) is 5.54. The number of carboxylic acid groups (broad SMARTS) is 1. The van der Waals surface area contributed by atoms with Crippen molar-refractivity contribution in [3.8, 4) is 5.75 Å². The van der Waals surface area contributed by atoms with Crippen LogP contribution in [0.3, 0.4) is 0 Å². The number of anilines is 2. The summed E-state index contributed by atoms with van der Waals surface area (Å²) in [7, 11) is 1.52. The van der Waals surface area contributed by atoms with Crippen molar-refractivity contribution in [2.75, 3.05) is 12.4 Å². The van der Waals surface area contributed by atoms with Gasteiger partial charge in [-0.1, -0.05) is 23.7 Å². The lowest BCUT2D eigenvalue weighted by atomic mass is 10.1. The minimum absolute atomic E-state index is 0.205. The molecule has 2 rings (SSSR count). The molecule has 0 aliphatic carbocycles. The van der Waals surface area contributed by atoms with E-state index < -0.39 is 5.97 Å². The quantitative estimate of drug-likeness (QED) is 0.893. The molecular weight excluding hydrogens is 266 g/mol. The molecule has 2 aromatic carbocycles. The molecule has 0 fully saturated rings. The third-order valence-electron chi connectivity index (χ3n) is 2.59. The number of rotatable bonds is 4. The summed E-state index contributed by atoms with van der Waals surface area (Å²) in [6, 6.07) is 11.8. The summed E-state index contributed by atoms with van der Waals surface area (Å²) in [6.45, 7) is 0. The second-order valence-electron chi connectivity index (χ2n) is 3.83. The number of nitrogens with one attached hydrogen (secondary N) is 1. The van der Waals surface area contributed by atoms with E-state index in [9.17, 15) is 4.79 Å². The molecule has 2 N–H and O–H groups in total. The lowest BCUT2D eigenvalue weighted by molar-refractivity contribution is 0.0698. The number of carboxylic acids is 1. The normalized spacial score (nSPS) is 10.0. The minimum atomic E-state index is -0.982. The van der Waals surface area contributed by atoms with Crippen molar-refractivity contribution in [1.82, 2.24) is 0 Å². The van der Waals surface area contributed by atoms with Crippen LogP contribution in [-0.2, 0) is 0 Å². The Morgan fingerprint density at radius 1 is 1.26 bits per heavy atom. The Hall–Kier alpha value is -2.20. The van der Waals surface area contributed by atoms with Crippen molar-refractivity contribution >= 4 is 28.9 Å². The molecule has 0 amide bonds. The molecule has 4 nitrogen and oxygen atoms in total. The Morgan fingerprint density at radius 2 is 2.00 bits per heavy atom. The van der Waals surface area contributed by atoms with Gasteiger partial charge in [0.2, 0.25) is 0 Å². The van der Waals surface area contributed by atoms with Crippen LogP contribution in [0, 0.1) is 0 Å². The van der Waals surface area contributed by atoms with E-state index in [1.165, 1.54) is 13.2 Å². The highest BCUT2D eigenvalue weighted by atomic mass is 35.5. The smallest absolute Gasteiger partial charge is 0.337 e. The molecule has 0 aliphatic rings. The lowest BCUT2D eigenvalue weighted by Gasteiger charge is -2.11. The first-order chi connectivity index (χ1) is 9.11. The molecule has 0 unspecified atom stereocenters. The molecule has 0 bridgehead atoms. The second-order valence-corrected chi connectivity index (χ2v) is 4.23. The summed E-state index contributed by atoms with van der Waals surface area (Å²) in [5, 5.41) is 12.6. The van der Waals surface area contributed by atoms with Crippen LogP contribution in [0.5, 0.6) is 5.75 Å². The first-order valence-corrected chi connectivity index (χ1v) is 5.92. The van der Waals surface area contributed by atoms with Gasteiger partial charge in [0.15, 0.2) is 0 Å². The summed E-state index contributed by atoms with van der Waals surface area (Å²) in [5.41, 5.74) is 1.42. The third kappa shape index (κ3) is 2.98. The zero-order valence-electron chi connectivity index (χ0n) is 10.2. The maximum absolute atomic E-state index is 11.1. The number of ether oxygens (including phenoxy) is 1. The van der Waals surface area contributed by atoms with Crippen LogP contribution in [0.2, 0.25) is 5.02 Å². The topological polar surface area (TPSA) is 58.6 Å². The van der Waals surface area contributed by atoms with Crippen molar-refractivity contribution in [2.45, 2.75) is 0 Å². The van der Waals surface area contributed by atoms with E-state index in [2.05, 4.69) is 5.32 Å². The van der Waals surface area contributed by atoms with Crippen LogP contribution < -0.4 is 10.1 Å². The summed E-state index contributed by atoms with van der Waals surface area (Å²) in [4.78, 5) is 11.1. The van der Waals surface area contributed by atoms with Crippen molar-refractivity contribution in [3.63, 3.8) is 0 Å². The molecule has 0 aromatic heterocycles. The van der Waals surface area contributed by atoms with E-state index >= 15 is 0 Å². The van der Waals surface area contributed by atoms with E-state index in [-0.39, 0.29) is 5.56 Å². The standard InChI is InChI=1S/C14H12ClNO3/c1-19-13-8-9(6-7-11(13)15)16-12-5-3-2-4-10(12)14(17)18/h2-8,16H,1H3,(H,17,18). The van der Waals surface area contributed by atoms with Gasteiger partial charge in [0, 0.05) is 11.8 Å². The van der Waals surface area contributed by atoms with Gasteiger partial charge < -0.3 is 15.2 Å². The van der Waals surface area contributed by atoms with E-state index in [1.807, 2.05) is 0 Å². The lowest BCUT2D eigenvalue weighted by Crippen LogP contribution is -2.02. The van der Waals surface area contributed by atoms with Crippen molar-refractivity contribution in [2.24, 2.45) is 0 Å². The maximum atomic E-state index is 11.1. The van der Waals surface area contributed by atoms with Crippen LogP contribution in [-0.4, -0.2) is 18.2 Å². The largest absolute Gasteiger partial charge is 0.495 e. The average Bonchev–Trinajstić information content (AvgIpc) is 2.41. The minimum Gasteiger partial charge on any atom is -0.495 e. The third-order valence-corrected chi connectivity index (χ3v) is 2.90. The van der Waals surface area contributed by atoms with Gasteiger partial charge in [0.1, 0.15) is 5.75 Å². The zero-order valence-corrected chi connectivity index (χ0v) is 10.9. The fraction of sp³-hybridized carbons (Fsp3) is 0.0714. The van der Waals surface area contributed by atoms with Gasteiger partial charge in [0.05, 0.1) is 23.4 Å². The second kappa shape index (κ2) is 5.63. The van der Waals surface area contributed by atoms with E-state index in [0.717, 1.165) is 0 Å². The number of carbonyl (C=O) groups is 1. The van der Waals surface area contributed by atoms with Crippen LogP contribution in [0.25, 0.3) is 0 Å². The van der Waals surface area contributed by atoms with E-state index in [1.54, 1.807) is 36.4 Å².